The maximum Gasteiger partial charge on any atom is 0.162 e. The van der Waals surface area contributed by atoms with Crippen molar-refractivity contribution in [3.8, 4) is 11.5 Å². The Hall–Kier alpha value is -2.75. The maximum atomic E-state index is 10.9. The molecular weight excluding hydrogens is 316 g/mol. The van der Waals surface area contributed by atoms with Gasteiger partial charge in [-0.1, -0.05) is 36.4 Å². The summed E-state index contributed by atoms with van der Waals surface area (Å²) >= 11 is 0. The number of carboxylic acid groups (broad SMARTS) is 1. The van der Waals surface area contributed by atoms with Crippen LogP contribution in [0, 0.1) is 0 Å². The van der Waals surface area contributed by atoms with Crippen molar-refractivity contribution in [3.05, 3.63) is 59.2 Å². The van der Waals surface area contributed by atoms with E-state index < -0.39 is 5.97 Å². The molecule has 2 aromatic carbocycles. The quantitative estimate of drug-likeness (QED) is 0.756. The first kappa shape index (κ1) is 17.1. The molecular formula is C21H21O4-. The molecule has 0 radical (unpaired) electrons. The molecule has 3 rings (SSSR count). The fourth-order valence-electron chi connectivity index (χ4n) is 3.04. The number of aromatic carboxylic acids is 1. The fourth-order valence-corrected chi connectivity index (χ4v) is 3.04. The van der Waals surface area contributed by atoms with E-state index in [2.05, 4.69) is 0 Å². The van der Waals surface area contributed by atoms with Crippen molar-refractivity contribution in [3.63, 3.8) is 0 Å². The molecule has 0 unspecified atom stereocenters. The number of carbonyl (C=O) groups is 1. The summed E-state index contributed by atoms with van der Waals surface area (Å²) in [7, 11) is 1.64. The Morgan fingerprint density at radius 1 is 1.04 bits per heavy atom. The summed E-state index contributed by atoms with van der Waals surface area (Å²) < 4.78 is 11.5. The first-order chi connectivity index (χ1) is 12.2. The third-order valence-electron chi connectivity index (χ3n) is 4.37. The lowest BCUT2D eigenvalue weighted by Gasteiger charge is -2.16. The highest BCUT2D eigenvalue weighted by molar-refractivity contribution is 5.87. The van der Waals surface area contributed by atoms with E-state index in [-0.39, 0.29) is 11.7 Å². The van der Waals surface area contributed by atoms with Crippen LogP contribution in [0.3, 0.4) is 0 Å². The van der Waals surface area contributed by atoms with Gasteiger partial charge in [-0.25, -0.2) is 0 Å². The fraction of sp³-hybridized carbons (Fsp3) is 0.286. The minimum Gasteiger partial charge on any atom is -0.545 e. The SMILES string of the molecule is COc1ccc(/C=C/c2cccc(C(=O)[O-])c2)cc1OC1CCCC1. The lowest BCUT2D eigenvalue weighted by Crippen LogP contribution is -2.22. The highest BCUT2D eigenvalue weighted by Gasteiger charge is 2.18. The van der Waals surface area contributed by atoms with Gasteiger partial charge >= 0.3 is 0 Å². The van der Waals surface area contributed by atoms with E-state index in [1.807, 2.05) is 36.4 Å². The molecule has 130 valence electrons. The molecule has 0 amide bonds. The van der Waals surface area contributed by atoms with Crippen LogP contribution in [-0.2, 0) is 0 Å². The Labute approximate surface area is 147 Å². The van der Waals surface area contributed by atoms with Crippen molar-refractivity contribution in [2.45, 2.75) is 31.8 Å². The third kappa shape index (κ3) is 4.41. The van der Waals surface area contributed by atoms with Gasteiger partial charge in [-0.3, -0.25) is 0 Å². The topological polar surface area (TPSA) is 58.6 Å². The average Bonchev–Trinajstić information content (AvgIpc) is 3.13. The number of carboxylic acids is 1. The second kappa shape index (κ2) is 7.88. The van der Waals surface area contributed by atoms with Gasteiger partial charge in [0.15, 0.2) is 11.5 Å². The average molecular weight is 337 g/mol. The first-order valence-corrected chi connectivity index (χ1v) is 8.50. The van der Waals surface area contributed by atoms with Gasteiger partial charge in [0.2, 0.25) is 0 Å². The molecule has 0 heterocycles. The van der Waals surface area contributed by atoms with Gasteiger partial charge in [-0.05, 0) is 60.6 Å². The molecule has 1 fully saturated rings. The molecule has 0 atom stereocenters. The minimum absolute atomic E-state index is 0.169. The summed E-state index contributed by atoms with van der Waals surface area (Å²) in [5.74, 6) is 0.301. The normalized spacial score (nSPS) is 14.8. The third-order valence-corrected chi connectivity index (χ3v) is 4.37. The smallest absolute Gasteiger partial charge is 0.162 e. The number of carbonyl (C=O) groups excluding carboxylic acids is 1. The molecule has 0 saturated heterocycles. The molecule has 25 heavy (non-hydrogen) atoms. The zero-order valence-electron chi connectivity index (χ0n) is 14.2. The predicted molar refractivity (Wildman–Crippen MR) is 95.6 cm³/mol. The molecule has 1 saturated carbocycles. The van der Waals surface area contributed by atoms with Gasteiger partial charge in [0, 0.05) is 0 Å². The van der Waals surface area contributed by atoms with Crippen LogP contribution in [-0.4, -0.2) is 19.2 Å². The zero-order valence-corrected chi connectivity index (χ0v) is 14.2. The van der Waals surface area contributed by atoms with E-state index in [9.17, 15) is 9.90 Å². The van der Waals surface area contributed by atoms with Gasteiger partial charge in [0.25, 0.3) is 0 Å². The van der Waals surface area contributed by atoms with Crippen molar-refractivity contribution in [1.82, 2.24) is 0 Å². The van der Waals surface area contributed by atoms with Crippen LogP contribution < -0.4 is 14.6 Å². The second-order valence-corrected chi connectivity index (χ2v) is 6.18. The molecule has 2 aromatic rings. The molecule has 1 aliphatic rings. The van der Waals surface area contributed by atoms with Crippen molar-refractivity contribution in [2.75, 3.05) is 7.11 Å². The Kier molecular flexibility index (Phi) is 5.39. The Morgan fingerprint density at radius 3 is 2.44 bits per heavy atom. The maximum absolute atomic E-state index is 10.9. The number of hydrogen-bond acceptors (Lipinski definition) is 4. The molecule has 4 nitrogen and oxygen atoms in total. The van der Waals surface area contributed by atoms with E-state index in [1.165, 1.54) is 18.9 Å². The number of rotatable bonds is 6. The standard InChI is InChI=1S/C21H22O4/c1-24-19-12-11-16(14-20(19)25-18-7-2-3-8-18)10-9-15-5-4-6-17(13-15)21(22)23/h4-6,9-14,18H,2-3,7-8H2,1H3,(H,22,23)/p-1/b10-9+. The predicted octanol–water partition coefficient (Wildman–Crippen LogP) is 3.55. The van der Waals surface area contributed by atoms with Crippen LogP contribution in [0.2, 0.25) is 0 Å². The largest absolute Gasteiger partial charge is 0.545 e. The molecule has 0 bridgehead atoms. The van der Waals surface area contributed by atoms with Crippen molar-refractivity contribution < 1.29 is 19.4 Å². The van der Waals surface area contributed by atoms with Crippen molar-refractivity contribution >= 4 is 18.1 Å². The Balaban J connectivity index is 1.79. The highest BCUT2D eigenvalue weighted by atomic mass is 16.5. The number of benzene rings is 2. The Bertz CT molecular complexity index is 773. The zero-order chi connectivity index (χ0) is 17.6. The van der Waals surface area contributed by atoms with Gasteiger partial charge in [-0.15, -0.1) is 0 Å². The summed E-state index contributed by atoms with van der Waals surface area (Å²) in [6.45, 7) is 0. The first-order valence-electron chi connectivity index (χ1n) is 8.50. The molecule has 0 aromatic heterocycles. The van der Waals surface area contributed by atoms with E-state index in [0.29, 0.717) is 0 Å². The van der Waals surface area contributed by atoms with Crippen LogP contribution in [0.1, 0.15) is 47.2 Å². The lowest BCUT2D eigenvalue weighted by atomic mass is 10.1. The molecule has 1 aliphatic carbocycles. The van der Waals surface area contributed by atoms with Crippen molar-refractivity contribution in [2.24, 2.45) is 0 Å². The van der Waals surface area contributed by atoms with Crippen molar-refractivity contribution in [1.29, 1.82) is 0 Å². The molecule has 0 N–H and O–H groups in total. The summed E-state index contributed by atoms with van der Waals surface area (Å²) in [4.78, 5) is 10.9. The van der Waals surface area contributed by atoms with Crippen LogP contribution >= 0.6 is 0 Å². The van der Waals surface area contributed by atoms with E-state index in [1.54, 1.807) is 19.2 Å². The second-order valence-electron chi connectivity index (χ2n) is 6.18. The van der Waals surface area contributed by atoms with E-state index in [0.717, 1.165) is 35.5 Å². The van der Waals surface area contributed by atoms with Crippen LogP contribution in [0.5, 0.6) is 11.5 Å². The van der Waals surface area contributed by atoms with Gasteiger partial charge in [-0.2, -0.15) is 0 Å². The van der Waals surface area contributed by atoms with Crippen LogP contribution in [0.15, 0.2) is 42.5 Å². The summed E-state index contributed by atoms with van der Waals surface area (Å²) in [5, 5.41) is 10.9. The summed E-state index contributed by atoms with van der Waals surface area (Å²) in [6.07, 6.45) is 8.64. The van der Waals surface area contributed by atoms with Gasteiger partial charge in [0.05, 0.1) is 19.2 Å². The Morgan fingerprint density at radius 2 is 1.76 bits per heavy atom. The van der Waals surface area contributed by atoms with Gasteiger partial charge in [0.1, 0.15) is 0 Å². The van der Waals surface area contributed by atoms with Crippen LogP contribution in [0.25, 0.3) is 12.2 Å². The lowest BCUT2D eigenvalue weighted by molar-refractivity contribution is -0.255. The number of hydrogen-bond donors (Lipinski definition) is 0. The molecule has 0 spiro atoms. The van der Waals surface area contributed by atoms with E-state index >= 15 is 0 Å². The molecule has 4 heteroatoms. The van der Waals surface area contributed by atoms with E-state index in [4.69, 9.17) is 9.47 Å². The number of ether oxygens (including phenoxy) is 2. The van der Waals surface area contributed by atoms with Gasteiger partial charge < -0.3 is 19.4 Å². The summed E-state index contributed by atoms with van der Waals surface area (Å²) in [5.41, 5.74) is 1.94. The summed E-state index contributed by atoms with van der Waals surface area (Å²) in [6, 6.07) is 12.5. The van der Waals surface area contributed by atoms with Crippen LogP contribution in [0.4, 0.5) is 0 Å². The monoisotopic (exact) mass is 337 g/mol. The minimum atomic E-state index is -1.17. The molecule has 0 aliphatic heterocycles. The highest BCUT2D eigenvalue weighted by Crippen LogP contribution is 2.32. The number of methoxy groups -OCH3 is 1.